The number of para-hydroxylation sites is 1. The van der Waals surface area contributed by atoms with Gasteiger partial charge in [-0.2, -0.15) is 0 Å². The van der Waals surface area contributed by atoms with Crippen LogP contribution in [0.1, 0.15) is 22.7 Å². The Morgan fingerprint density at radius 3 is 2.18 bits per heavy atom. The van der Waals surface area contributed by atoms with Crippen molar-refractivity contribution in [1.29, 1.82) is 0 Å². The number of hydroxylamine groups is 1. The number of amides is 2. The zero-order valence-corrected chi connectivity index (χ0v) is 19.2. The highest BCUT2D eigenvalue weighted by molar-refractivity contribution is 6.24. The molecule has 5 rings (SSSR count). The van der Waals surface area contributed by atoms with Crippen molar-refractivity contribution in [3.8, 4) is 0 Å². The predicted octanol–water partition coefficient (Wildman–Crippen LogP) is 4.42. The third kappa shape index (κ3) is 3.47. The average molecular weight is 442 g/mol. The van der Waals surface area contributed by atoms with Crippen LogP contribution in [0.15, 0.2) is 72.8 Å². The van der Waals surface area contributed by atoms with Crippen molar-refractivity contribution in [1.82, 2.24) is 0 Å². The quantitative estimate of drug-likeness (QED) is 0.561. The summed E-state index contributed by atoms with van der Waals surface area (Å²) in [5.74, 6) is -1.18. The van der Waals surface area contributed by atoms with Crippen LogP contribution in [0.2, 0.25) is 0 Å². The van der Waals surface area contributed by atoms with Gasteiger partial charge in [-0.1, -0.05) is 48.0 Å². The van der Waals surface area contributed by atoms with Gasteiger partial charge in [-0.05, 0) is 55.3 Å². The minimum absolute atomic E-state index is 0.225. The van der Waals surface area contributed by atoms with Crippen LogP contribution in [0.5, 0.6) is 0 Å². The monoisotopic (exact) mass is 441 g/mol. The second-order valence-electron chi connectivity index (χ2n) is 8.95. The average Bonchev–Trinajstić information content (AvgIpc) is 3.31. The molecule has 3 aromatic carbocycles. The standard InChI is InChI=1S/C27H27N3O3/c1-17-10-15-22(18(2)16-17)29-26(31)23-24(19-11-13-20(14-12-19)28(3)4)30(33-25(23)27(29)32)21-8-6-5-7-9-21/h5-16,23-25H,1-4H3/t23-,24-,25+/m0/s1. The highest BCUT2D eigenvalue weighted by Crippen LogP contribution is 2.48. The lowest BCUT2D eigenvalue weighted by Crippen LogP contribution is -2.37. The first-order valence-corrected chi connectivity index (χ1v) is 11.1. The molecule has 2 saturated heterocycles. The summed E-state index contributed by atoms with van der Waals surface area (Å²) in [6.45, 7) is 3.92. The Hall–Kier alpha value is -3.64. The Labute approximate surface area is 193 Å². The third-order valence-electron chi connectivity index (χ3n) is 6.47. The summed E-state index contributed by atoms with van der Waals surface area (Å²) in [7, 11) is 3.97. The lowest BCUT2D eigenvalue weighted by atomic mass is 9.90. The van der Waals surface area contributed by atoms with Gasteiger partial charge in [-0.25, -0.2) is 9.96 Å². The maximum absolute atomic E-state index is 13.8. The van der Waals surface area contributed by atoms with Crippen LogP contribution >= 0.6 is 0 Å². The molecule has 2 fully saturated rings. The van der Waals surface area contributed by atoms with Crippen molar-refractivity contribution >= 4 is 28.9 Å². The summed E-state index contributed by atoms with van der Waals surface area (Å²) in [5.41, 5.74) is 5.41. The Balaban J connectivity index is 1.58. The van der Waals surface area contributed by atoms with Gasteiger partial charge in [-0.3, -0.25) is 14.4 Å². The minimum atomic E-state index is -0.864. The van der Waals surface area contributed by atoms with Gasteiger partial charge in [-0.15, -0.1) is 0 Å². The van der Waals surface area contributed by atoms with E-state index in [1.165, 1.54) is 4.90 Å². The van der Waals surface area contributed by atoms with Crippen LogP contribution < -0.4 is 14.9 Å². The molecular formula is C27H27N3O3. The first kappa shape index (κ1) is 21.2. The van der Waals surface area contributed by atoms with E-state index in [4.69, 9.17) is 4.84 Å². The Morgan fingerprint density at radius 1 is 0.848 bits per heavy atom. The Bertz CT molecular complexity index is 1210. The van der Waals surface area contributed by atoms with E-state index in [0.717, 1.165) is 28.1 Å². The van der Waals surface area contributed by atoms with Crippen LogP contribution in [-0.4, -0.2) is 32.0 Å². The van der Waals surface area contributed by atoms with Crippen LogP contribution in [0.25, 0.3) is 0 Å². The number of carbonyl (C=O) groups is 2. The first-order valence-electron chi connectivity index (χ1n) is 11.1. The molecular weight excluding hydrogens is 414 g/mol. The molecule has 3 aromatic rings. The van der Waals surface area contributed by atoms with Gasteiger partial charge in [0.1, 0.15) is 5.92 Å². The van der Waals surface area contributed by atoms with Gasteiger partial charge >= 0.3 is 0 Å². The largest absolute Gasteiger partial charge is 0.378 e. The molecule has 0 saturated carbocycles. The number of hydrogen-bond donors (Lipinski definition) is 0. The number of rotatable bonds is 4. The molecule has 2 aliphatic heterocycles. The topological polar surface area (TPSA) is 53.1 Å². The SMILES string of the molecule is Cc1ccc(N2C(=O)[C@@H]3[C@@H](ON(c4ccccc4)[C@H]3c3ccc(N(C)C)cc3)C2=O)c(C)c1. The molecule has 0 aliphatic carbocycles. The number of benzene rings is 3. The van der Waals surface area contributed by atoms with Crippen LogP contribution in [0.4, 0.5) is 17.1 Å². The van der Waals surface area contributed by atoms with Crippen LogP contribution in [0.3, 0.4) is 0 Å². The van der Waals surface area contributed by atoms with E-state index in [-0.39, 0.29) is 11.8 Å². The molecule has 168 valence electrons. The normalized spacial score (nSPS) is 22.1. The second-order valence-corrected chi connectivity index (χ2v) is 8.95. The number of carbonyl (C=O) groups excluding carboxylic acids is 2. The molecule has 0 unspecified atom stereocenters. The van der Waals surface area contributed by atoms with Crippen LogP contribution in [-0.2, 0) is 14.4 Å². The fourth-order valence-electron chi connectivity index (χ4n) is 4.82. The van der Waals surface area contributed by atoms with E-state index >= 15 is 0 Å². The zero-order valence-electron chi connectivity index (χ0n) is 19.2. The number of hydrogen-bond acceptors (Lipinski definition) is 5. The second kappa shape index (κ2) is 8.05. The van der Waals surface area contributed by atoms with Gasteiger partial charge in [0.25, 0.3) is 5.91 Å². The number of imide groups is 1. The molecule has 0 N–H and O–H groups in total. The highest BCUT2D eigenvalue weighted by atomic mass is 16.7. The van der Waals surface area contributed by atoms with Crippen molar-refractivity contribution in [2.24, 2.45) is 5.92 Å². The molecule has 2 aliphatic rings. The van der Waals surface area contributed by atoms with Gasteiger partial charge in [0.05, 0.1) is 17.4 Å². The Morgan fingerprint density at radius 2 is 1.55 bits per heavy atom. The molecule has 6 heteroatoms. The van der Waals surface area contributed by atoms with Crippen molar-refractivity contribution in [3.63, 3.8) is 0 Å². The van der Waals surface area contributed by atoms with E-state index in [1.54, 1.807) is 5.06 Å². The van der Waals surface area contributed by atoms with E-state index in [1.807, 2.05) is 106 Å². The van der Waals surface area contributed by atoms with Crippen LogP contribution in [0, 0.1) is 19.8 Å². The van der Waals surface area contributed by atoms with Gasteiger partial charge < -0.3 is 4.90 Å². The lowest BCUT2D eigenvalue weighted by Gasteiger charge is -2.29. The lowest BCUT2D eigenvalue weighted by molar-refractivity contribution is -0.126. The minimum Gasteiger partial charge on any atom is -0.378 e. The van der Waals surface area contributed by atoms with Crippen molar-refractivity contribution in [2.45, 2.75) is 26.0 Å². The smallest absolute Gasteiger partial charge is 0.266 e. The predicted molar refractivity (Wildman–Crippen MR) is 129 cm³/mol. The molecule has 0 spiro atoms. The van der Waals surface area contributed by atoms with Crippen molar-refractivity contribution < 1.29 is 14.4 Å². The van der Waals surface area contributed by atoms with Gasteiger partial charge in [0.2, 0.25) is 5.91 Å². The highest BCUT2D eigenvalue weighted by Gasteiger charge is 2.60. The van der Waals surface area contributed by atoms with Gasteiger partial charge in [0.15, 0.2) is 6.10 Å². The van der Waals surface area contributed by atoms with E-state index in [9.17, 15) is 9.59 Å². The number of aryl methyl sites for hydroxylation is 2. The molecule has 0 bridgehead atoms. The van der Waals surface area contributed by atoms with Gasteiger partial charge in [0, 0.05) is 19.8 Å². The van der Waals surface area contributed by atoms with Crippen molar-refractivity contribution in [3.05, 3.63) is 89.5 Å². The summed E-state index contributed by atoms with van der Waals surface area (Å²) in [4.78, 5) is 36.8. The molecule has 3 atom stereocenters. The summed E-state index contributed by atoms with van der Waals surface area (Å²) in [6, 6.07) is 23.0. The number of fused-ring (bicyclic) bond motifs is 1. The summed E-state index contributed by atoms with van der Waals surface area (Å²) in [5, 5.41) is 1.73. The maximum Gasteiger partial charge on any atom is 0.266 e. The maximum atomic E-state index is 13.8. The molecule has 2 amide bonds. The number of anilines is 3. The molecule has 0 aromatic heterocycles. The van der Waals surface area contributed by atoms with E-state index < -0.39 is 18.1 Å². The summed E-state index contributed by atoms with van der Waals surface area (Å²) in [6.07, 6.45) is -0.864. The summed E-state index contributed by atoms with van der Waals surface area (Å²) < 4.78 is 0. The zero-order chi connectivity index (χ0) is 23.3. The fourth-order valence-corrected chi connectivity index (χ4v) is 4.82. The third-order valence-corrected chi connectivity index (χ3v) is 6.47. The molecule has 0 radical (unpaired) electrons. The van der Waals surface area contributed by atoms with E-state index in [0.29, 0.717) is 5.69 Å². The molecule has 6 nitrogen and oxygen atoms in total. The van der Waals surface area contributed by atoms with E-state index in [2.05, 4.69) is 0 Å². The fraction of sp³-hybridized carbons (Fsp3) is 0.259. The molecule has 2 heterocycles. The summed E-state index contributed by atoms with van der Waals surface area (Å²) >= 11 is 0. The first-order chi connectivity index (χ1) is 15.9. The number of nitrogens with zero attached hydrogens (tertiary/aromatic N) is 3. The Kier molecular flexibility index (Phi) is 5.17. The van der Waals surface area contributed by atoms with Crippen molar-refractivity contribution in [2.75, 3.05) is 29.0 Å². The molecule has 33 heavy (non-hydrogen) atoms.